The number of thiophene rings is 1. The van der Waals surface area contributed by atoms with Crippen LogP contribution in [0.5, 0.6) is 11.5 Å². The Bertz CT molecular complexity index is 1390. The van der Waals surface area contributed by atoms with Crippen molar-refractivity contribution >= 4 is 29.1 Å². The minimum absolute atomic E-state index is 0.228. The fourth-order valence-electron chi connectivity index (χ4n) is 3.25. The van der Waals surface area contributed by atoms with E-state index in [-0.39, 0.29) is 17.4 Å². The van der Waals surface area contributed by atoms with Gasteiger partial charge in [-0.3, -0.25) is 14.6 Å². The van der Waals surface area contributed by atoms with E-state index in [1.165, 1.54) is 28.2 Å². The maximum Gasteiger partial charge on any atom is 0.252 e. The molecule has 0 bridgehead atoms. The maximum atomic E-state index is 12.7. The molecule has 174 valence electrons. The van der Waals surface area contributed by atoms with Gasteiger partial charge in [0, 0.05) is 23.9 Å². The van der Waals surface area contributed by atoms with E-state index in [4.69, 9.17) is 9.47 Å². The van der Waals surface area contributed by atoms with Crippen molar-refractivity contribution in [1.29, 1.82) is 0 Å². The number of nitrogens with zero attached hydrogens (tertiary/aromatic N) is 3. The van der Waals surface area contributed by atoms with Gasteiger partial charge in [0.1, 0.15) is 11.5 Å². The molecule has 0 fully saturated rings. The molecule has 3 aromatic heterocycles. The molecule has 0 aliphatic carbocycles. The van der Waals surface area contributed by atoms with Crippen LogP contribution >= 0.6 is 11.3 Å². The number of rotatable bonds is 8. The molecule has 0 aliphatic heterocycles. The van der Waals surface area contributed by atoms with Crippen LogP contribution in [-0.4, -0.2) is 39.9 Å². The van der Waals surface area contributed by atoms with Crippen LogP contribution in [0.15, 0.2) is 58.7 Å². The van der Waals surface area contributed by atoms with E-state index in [0.29, 0.717) is 35.1 Å². The Morgan fingerprint density at radius 2 is 2.00 bits per heavy atom. The highest BCUT2D eigenvalue weighted by molar-refractivity contribution is 7.13. The van der Waals surface area contributed by atoms with E-state index >= 15 is 0 Å². The molecule has 2 N–H and O–H groups in total. The highest BCUT2D eigenvalue weighted by atomic mass is 32.1. The molecule has 0 radical (unpaired) electrons. The Morgan fingerprint density at radius 3 is 2.71 bits per heavy atom. The summed E-state index contributed by atoms with van der Waals surface area (Å²) in [6.07, 6.45) is 3.66. The van der Waals surface area contributed by atoms with Gasteiger partial charge in [0.05, 0.1) is 19.1 Å². The number of H-pyrrole nitrogens is 1. The van der Waals surface area contributed by atoms with Gasteiger partial charge >= 0.3 is 0 Å². The molecule has 3 heterocycles. The fourth-order valence-corrected chi connectivity index (χ4v) is 3.93. The summed E-state index contributed by atoms with van der Waals surface area (Å²) in [5.41, 5.74) is 1.75. The summed E-state index contributed by atoms with van der Waals surface area (Å²) < 4.78 is 12.0. The largest absolute Gasteiger partial charge is 0.493 e. The van der Waals surface area contributed by atoms with Gasteiger partial charge < -0.3 is 14.8 Å². The maximum absolute atomic E-state index is 12.7. The van der Waals surface area contributed by atoms with Crippen LogP contribution in [0.1, 0.15) is 18.2 Å². The van der Waals surface area contributed by atoms with E-state index in [1.54, 1.807) is 38.5 Å². The zero-order chi connectivity index (χ0) is 24.1. The van der Waals surface area contributed by atoms with Crippen molar-refractivity contribution in [3.63, 3.8) is 0 Å². The Kier molecular flexibility index (Phi) is 6.88. The Balaban J connectivity index is 1.64. The lowest BCUT2D eigenvalue weighted by molar-refractivity contribution is -0.111. The SMILES string of the molecule is CCc1cc(=O)[nH]c(-n2nc(-c3cccs3)cc2NC(=O)/C=C\c2ccc(OC)c(OC)c2)n1. The second kappa shape index (κ2) is 10.2. The standard InChI is InChI=1S/C24H23N5O4S/c1-4-16-13-23(31)27-24(25-16)29-21(14-17(28-29)20-6-5-11-34-20)26-22(30)10-8-15-7-9-18(32-2)19(12-15)33-3/h5-14H,4H2,1-3H3,(H,26,30)(H,25,27,31)/b10-8-. The molecule has 0 aliphatic rings. The first kappa shape index (κ1) is 23.0. The zero-order valence-corrected chi connectivity index (χ0v) is 19.7. The number of aromatic nitrogens is 4. The molecule has 0 saturated heterocycles. The van der Waals surface area contributed by atoms with Crippen molar-refractivity contribution in [3.8, 4) is 28.0 Å². The summed E-state index contributed by atoms with van der Waals surface area (Å²) in [5.74, 6) is 1.40. The number of carbonyl (C=O) groups excluding carboxylic acids is 1. The molecule has 0 saturated carbocycles. The van der Waals surface area contributed by atoms with Crippen molar-refractivity contribution in [2.75, 3.05) is 19.5 Å². The molecule has 0 spiro atoms. The number of carbonyl (C=O) groups is 1. The van der Waals surface area contributed by atoms with Gasteiger partial charge in [0.2, 0.25) is 11.9 Å². The first-order valence-corrected chi connectivity index (χ1v) is 11.3. The lowest BCUT2D eigenvalue weighted by Crippen LogP contribution is -2.18. The quantitative estimate of drug-likeness (QED) is 0.372. The normalized spacial score (nSPS) is 11.0. The van der Waals surface area contributed by atoms with Crippen molar-refractivity contribution in [1.82, 2.24) is 19.7 Å². The minimum Gasteiger partial charge on any atom is -0.493 e. The molecule has 4 rings (SSSR count). The highest BCUT2D eigenvalue weighted by Gasteiger charge is 2.16. The number of aryl methyl sites for hydroxylation is 1. The molecule has 0 unspecified atom stereocenters. The predicted octanol–water partition coefficient (Wildman–Crippen LogP) is 3.92. The smallest absolute Gasteiger partial charge is 0.252 e. The van der Waals surface area contributed by atoms with Crippen LogP contribution in [0.2, 0.25) is 0 Å². The number of nitrogens with one attached hydrogen (secondary N) is 2. The summed E-state index contributed by atoms with van der Waals surface area (Å²) in [6, 6.07) is 12.4. The lowest BCUT2D eigenvalue weighted by atomic mass is 10.2. The van der Waals surface area contributed by atoms with Crippen LogP contribution in [0.25, 0.3) is 22.6 Å². The van der Waals surface area contributed by atoms with Gasteiger partial charge in [-0.2, -0.15) is 9.78 Å². The van der Waals surface area contributed by atoms with Crippen LogP contribution < -0.4 is 20.3 Å². The van der Waals surface area contributed by atoms with Crippen LogP contribution in [0.4, 0.5) is 5.82 Å². The van der Waals surface area contributed by atoms with E-state index in [0.717, 1.165) is 10.4 Å². The summed E-state index contributed by atoms with van der Waals surface area (Å²) >= 11 is 1.52. The van der Waals surface area contributed by atoms with E-state index in [2.05, 4.69) is 20.4 Å². The summed E-state index contributed by atoms with van der Waals surface area (Å²) in [7, 11) is 3.11. The molecule has 1 amide bonds. The average Bonchev–Trinajstić information content (AvgIpc) is 3.52. The Hall–Kier alpha value is -4.18. The monoisotopic (exact) mass is 477 g/mol. The molecule has 0 atom stereocenters. The number of hydrogen-bond acceptors (Lipinski definition) is 7. The summed E-state index contributed by atoms with van der Waals surface area (Å²) in [5, 5.41) is 9.35. The summed E-state index contributed by atoms with van der Waals surface area (Å²) in [4.78, 5) is 32.9. The highest BCUT2D eigenvalue weighted by Crippen LogP contribution is 2.29. The molecule has 1 aromatic carbocycles. The minimum atomic E-state index is -0.373. The third-order valence-corrected chi connectivity index (χ3v) is 5.81. The van der Waals surface area contributed by atoms with Crippen molar-refractivity contribution in [2.24, 2.45) is 0 Å². The molecule has 34 heavy (non-hydrogen) atoms. The number of amides is 1. The average molecular weight is 478 g/mol. The number of aromatic amines is 1. The second-order valence-corrected chi connectivity index (χ2v) is 8.10. The van der Waals surface area contributed by atoms with Gasteiger partial charge in [-0.1, -0.05) is 19.1 Å². The third kappa shape index (κ3) is 5.07. The first-order valence-electron chi connectivity index (χ1n) is 10.5. The van der Waals surface area contributed by atoms with Gasteiger partial charge in [0.25, 0.3) is 5.56 Å². The molecule has 4 aromatic rings. The topological polar surface area (TPSA) is 111 Å². The van der Waals surface area contributed by atoms with E-state index in [9.17, 15) is 9.59 Å². The van der Waals surface area contributed by atoms with Crippen molar-refractivity contribution < 1.29 is 14.3 Å². The molecule has 9 nitrogen and oxygen atoms in total. The van der Waals surface area contributed by atoms with Crippen LogP contribution in [0, 0.1) is 0 Å². The number of ether oxygens (including phenoxy) is 2. The fraction of sp³-hybridized carbons (Fsp3) is 0.167. The molecule has 10 heteroatoms. The number of benzene rings is 1. The Morgan fingerprint density at radius 1 is 1.18 bits per heavy atom. The molecular formula is C24H23N5O4S. The van der Waals surface area contributed by atoms with Gasteiger partial charge in [0.15, 0.2) is 11.5 Å². The van der Waals surface area contributed by atoms with Crippen molar-refractivity contribution in [3.05, 3.63) is 75.5 Å². The van der Waals surface area contributed by atoms with Gasteiger partial charge in [-0.25, -0.2) is 4.98 Å². The molecular weight excluding hydrogens is 454 g/mol. The van der Waals surface area contributed by atoms with E-state index < -0.39 is 0 Å². The second-order valence-electron chi connectivity index (χ2n) is 7.15. The van der Waals surface area contributed by atoms with E-state index in [1.807, 2.05) is 30.5 Å². The third-order valence-electron chi connectivity index (χ3n) is 4.91. The van der Waals surface area contributed by atoms with Gasteiger partial charge in [-0.15, -0.1) is 11.3 Å². The summed E-state index contributed by atoms with van der Waals surface area (Å²) in [6.45, 7) is 1.91. The van der Waals surface area contributed by atoms with Crippen molar-refractivity contribution in [2.45, 2.75) is 13.3 Å². The Labute approximate surface area is 199 Å². The number of anilines is 1. The number of methoxy groups -OCH3 is 2. The number of hydrogen-bond donors (Lipinski definition) is 2. The predicted molar refractivity (Wildman–Crippen MR) is 132 cm³/mol. The lowest BCUT2D eigenvalue weighted by Gasteiger charge is -2.08. The first-order chi connectivity index (χ1) is 16.5. The zero-order valence-electron chi connectivity index (χ0n) is 18.9. The van der Waals surface area contributed by atoms with Crippen LogP contribution in [0.3, 0.4) is 0 Å². The van der Waals surface area contributed by atoms with Crippen LogP contribution in [-0.2, 0) is 11.2 Å². The van der Waals surface area contributed by atoms with Gasteiger partial charge in [-0.05, 0) is 41.6 Å².